The van der Waals surface area contributed by atoms with Gasteiger partial charge in [-0.05, 0) is 47.1 Å². The zero-order valence-electron chi connectivity index (χ0n) is 11.8. The lowest BCUT2D eigenvalue weighted by atomic mass is 9.91. The fraction of sp³-hybridized carbons (Fsp3) is 0.923. The van der Waals surface area contributed by atoms with Gasteiger partial charge in [0.05, 0.1) is 0 Å². The van der Waals surface area contributed by atoms with Crippen LogP contribution in [0.25, 0.3) is 0 Å². The third kappa shape index (κ3) is 4.54. The quantitative estimate of drug-likeness (QED) is 0.808. The average molecular weight is 242 g/mol. The van der Waals surface area contributed by atoms with Crippen LogP contribution >= 0.6 is 0 Å². The van der Waals surface area contributed by atoms with E-state index in [0.29, 0.717) is 0 Å². The molecule has 1 saturated heterocycles. The number of nitrogens with zero attached hydrogens (tertiary/aromatic N) is 1. The van der Waals surface area contributed by atoms with E-state index in [2.05, 4.69) is 19.2 Å². The topological polar surface area (TPSA) is 41.6 Å². The Morgan fingerprint density at radius 1 is 1.47 bits per heavy atom. The van der Waals surface area contributed by atoms with Gasteiger partial charge in [-0.3, -0.25) is 0 Å². The maximum atomic E-state index is 12.0. The molecule has 4 heteroatoms. The molecular weight excluding hydrogens is 216 g/mol. The van der Waals surface area contributed by atoms with Crippen molar-refractivity contribution in [1.82, 2.24) is 10.2 Å². The molecule has 0 aromatic heterocycles. The summed E-state index contributed by atoms with van der Waals surface area (Å²) in [4.78, 5) is 13.8. The smallest absolute Gasteiger partial charge is 0.410 e. The van der Waals surface area contributed by atoms with Crippen LogP contribution in [-0.2, 0) is 4.74 Å². The van der Waals surface area contributed by atoms with Crippen LogP contribution in [0.1, 0.15) is 47.5 Å². The summed E-state index contributed by atoms with van der Waals surface area (Å²) >= 11 is 0. The van der Waals surface area contributed by atoms with E-state index in [0.717, 1.165) is 32.5 Å². The zero-order chi connectivity index (χ0) is 13.1. The fourth-order valence-corrected chi connectivity index (χ4v) is 2.29. The molecule has 1 unspecified atom stereocenters. The van der Waals surface area contributed by atoms with Crippen molar-refractivity contribution in [2.24, 2.45) is 0 Å². The molecule has 100 valence electrons. The molecule has 0 aromatic rings. The molecule has 17 heavy (non-hydrogen) atoms. The first-order valence-electron chi connectivity index (χ1n) is 6.49. The number of hydrogen-bond donors (Lipinski definition) is 1. The first-order valence-corrected chi connectivity index (χ1v) is 6.49. The number of ether oxygens (including phenoxy) is 1. The van der Waals surface area contributed by atoms with Crippen molar-refractivity contribution in [3.63, 3.8) is 0 Å². The second-order valence-electron chi connectivity index (χ2n) is 6.10. The third-order valence-electron chi connectivity index (χ3n) is 2.95. The zero-order valence-corrected chi connectivity index (χ0v) is 11.8. The summed E-state index contributed by atoms with van der Waals surface area (Å²) in [5.41, 5.74) is -0.382. The highest BCUT2D eigenvalue weighted by molar-refractivity contribution is 5.68. The monoisotopic (exact) mass is 242 g/mol. The second kappa shape index (κ2) is 5.25. The number of rotatable bonds is 2. The Kier molecular flexibility index (Phi) is 4.42. The van der Waals surface area contributed by atoms with E-state index in [9.17, 15) is 4.79 Å². The number of carbonyl (C=O) groups excluding carboxylic acids is 1. The summed E-state index contributed by atoms with van der Waals surface area (Å²) in [7, 11) is 0. The van der Waals surface area contributed by atoms with Crippen molar-refractivity contribution >= 4 is 6.09 Å². The van der Waals surface area contributed by atoms with Gasteiger partial charge in [0, 0.05) is 18.6 Å². The minimum atomic E-state index is -0.414. The maximum absolute atomic E-state index is 12.0. The fourth-order valence-electron chi connectivity index (χ4n) is 2.29. The van der Waals surface area contributed by atoms with Crippen LogP contribution in [0.4, 0.5) is 4.79 Å². The lowest BCUT2D eigenvalue weighted by Crippen LogP contribution is -2.56. The molecule has 0 aliphatic carbocycles. The highest BCUT2D eigenvalue weighted by atomic mass is 16.6. The minimum absolute atomic E-state index is 0.0317. The summed E-state index contributed by atoms with van der Waals surface area (Å²) in [5, 5.41) is 3.46. The molecule has 0 aromatic carbocycles. The average Bonchev–Trinajstić information content (AvgIpc) is 2.14. The van der Waals surface area contributed by atoms with Crippen molar-refractivity contribution in [1.29, 1.82) is 0 Å². The number of hydrogen-bond acceptors (Lipinski definition) is 3. The van der Waals surface area contributed by atoms with E-state index in [1.807, 2.05) is 25.7 Å². The number of piperidine rings is 1. The van der Waals surface area contributed by atoms with Crippen LogP contribution in [0.3, 0.4) is 0 Å². The molecule has 0 saturated carbocycles. The maximum Gasteiger partial charge on any atom is 0.410 e. The molecule has 1 N–H and O–H groups in total. The predicted molar refractivity (Wildman–Crippen MR) is 69.1 cm³/mol. The first kappa shape index (κ1) is 14.3. The van der Waals surface area contributed by atoms with Crippen LogP contribution in [0.15, 0.2) is 0 Å². The number of nitrogens with one attached hydrogen (secondary N) is 1. The molecule has 1 amide bonds. The lowest BCUT2D eigenvalue weighted by Gasteiger charge is -2.41. The van der Waals surface area contributed by atoms with Crippen molar-refractivity contribution in [3.8, 4) is 0 Å². The van der Waals surface area contributed by atoms with Gasteiger partial charge in [-0.15, -0.1) is 0 Å². The van der Waals surface area contributed by atoms with E-state index in [1.165, 1.54) is 0 Å². The van der Waals surface area contributed by atoms with E-state index < -0.39 is 5.60 Å². The molecule has 0 bridgehead atoms. The van der Waals surface area contributed by atoms with Gasteiger partial charge in [-0.2, -0.15) is 0 Å². The number of likely N-dealkylation sites (N-methyl/N-ethyl adjacent to an activating group) is 1. The third-order valence-corrected chi connectivity index (χ3v) is 2.95. The van der Waals surface area contributed by atoms with Gasteiger partial charge in [-0.1, -0.05) is 6.92 Å². The standard InChI is InChI=1S/C13H26N2O2/c1-6-14-13(5)8-7-9-15(10-13)11(16)17-12(2,3)4/h14H,6-10H2,1-5H3. The Labute approximate surface area is 105 Å². The molecule has 0 spiro atoms. The van der Waals surface area contributed by atoms with Crippen molar-refractivity contribution < 1.29 is 9.53 Å². The highest BCUT2D eigenvalue weighted by Crippen LogP contribution is 2.22. The molecule has 1 heterocycles. The Bertz CT molecular complexity index is 269. The normalized spacial score (nSPS) is 25.8. The number of carbonyl (C=O) groups is 1. The largest absolute Gasteiger partial charge is 0.444 e. The van der Waals surface area contributed by atoms with E-state index >= 15 is 0 Å². The van der Waals surface area contributed by atoms with Gasteiger partial charge in [0.25, 0.3) is 0 Å². The summed E-state index contributed by atoms with van der Waals surface area (Å²) in [6.07, 6.45) is 1.95. The molecule has 1 atom stereocenters. The molecule has 1 aliphatic rings. The number of likely N-dealkylation sites (tertiary alicyclic amines) is 1. The van der Waals surface area contributed by atoms with E-state index in [-0.39, 0.29) is 11.6 Å². The summed E-state index contributed by atoms with van der Waals surface area (Å²) in [5.74, 6) is 0. The van der Waals surface area contributed by atoms with Crippen LogP contribution in [0, 0.1) is 0 Å². The first-order chi connectivity index (χ1) is 7.76. The van der Waals surface area contributed by atoms with Gasteiger partial charge >= 0.3 is 6.09 Å². The Hall–Kier alpha value is -0.770. The van der Waals surface area contributed by atoms with Crippen molar-refractivity contribution in [2.45, 2.75) is 58.6 Å². The van der Waals surface area contributed by atoms with Gasteiger partial charge in [0.2, 0.25) is 0 Å². The van der Waals surface area contributed by atoms with Gasteiger partial charge < -0.3 is 15.0 Å². The van der Waals surface area contributed by atoms with Crippen molar-refractivity contribution in [2.75, 3.05) is 19.6 Å². The van der Waals surface area contributed by atoms with E-state index in [4.69, 9.17) is 4.74 Å². The molecule has 1 fully saturated rings. The van der Waals surface area contributed by atoms with Crippen LogP contribution in [-0.4, -0.2) is 41.8 Å². The summed E-state index contributed by atoms with van der Waals surface area (Å²) in [6, 6.07) is 0. The summed E-state index contributed by atoms with van der Waals surface area (Å²) < 4.78 is 5.41. The molecule has 4 nitrogen and oxygen atoms in total. The highest BCUT2D eigenvalue weighted by Gasteiger charge is 2.34. The van der Waals surface area contributed by atoms with Crippen LogP contribution in [0.5, 0.6) is 0 Å². The molecule has 1 aliphatic heterocycles. The van der Waals surface area contributed by atoms with Gasteiger partial charge in [0.15, 0.2) is 0 Å². The molecule has 0 radical (unpaired) electrons. The van der Waals surface area contributed by atoms with Crippen molar-refractivity contribution in [3.05, 3.63) is 0 Å². The molecular formula is C13H26N2O2. The summed E-state index contributed by atoms with van der Waals surface area (Å²) in [6.45, 7) is 12.4. The second-order valence-corrected chi connectivity index (χ2v) is 6.10. The van der Waals surface area contributed by atoms with Crippen LogP contribution in [0.2, 0.25) is 0 Å². The Morgan fingerprint density at radius 3 is 2.65 bits per heavy atom. The SMILES string of the molecule is CCNC1(C)CCCN(C(=O)OC(C)(C)C)C1. The van der Waals surface area contributed by atoms with Gasteiger partial charge in [0.1, 0.15) is 5.60 Å². The van der Waals surface area contributed by atoms with Crippen LogP contribution < -0.4 is 5.32 Å². The Morgan fingerprint density at radius 2 is 2.12 bits per heavy atom. The predicted octanol–water partition coefficient (Wildman–Crippen LogP) is 2.39. The lowest BCUT2D eigenvalue weighted by molar-refractivity contribution is 0.0125. The minimum Gasteiger partial charge on any atom is -0.444 e. The molecule has 1 rings (SSSR count). The Balaban J connectivity index is 2.57. The van der Waals surface area contributed by atoms with Gasteiger partial charge in [-0.25, -0.2) is 4.79 Å². The van der Waals surface area contributed by atoms with E-state index in [1.54, 1.807) is 0 Å². The number of amides is 1.